The van der Waals surface area contributed by atoms with Crippen LogP contribution in [0.2, 0.25) is 0 Å². The van der Waals surface area contributed by atoms with Gasteiger partial charge < -0.3 is 16.0 Å². The Labute approximate surface area is 116 Å². The van der Waals surface area contributed by atoms with Crippen LogP contribution in [-0.4, -0.2) is 31.6 Å². The van der Waals surface area contributed by atoms with Crippen LogP contribution in [0.3, 0.4) is 0 Å². The summed E-state index contributed by atoms with van der Waals surface area (Å²) in [5, 5.41) is 2.94. The predicted molar refractivity (Wildman–Crippen MR) is 74.6 cm³/mol. The van der Waals surface area contributed by atoms with Crippen molar-refractivity contribution in [3.05, 3.63) is 23.8 Å². The third-order valence-electron chi connectivity index (χ3n) is 3.77. The number of halogens is 3. The summed E-state index contributed by atoms with van der Waals surface area (Å²) in [6.07, 6.45) is -2.36. The molecule has 20 heavy (non-hydrogen) atoms. The zero-order valence-electron chi connectivity index (χ0n) is 11.5. The van der Waals surface area contributed by atoms with Crippen LogP contribution in [0.15, 0.2) is 18.2 Å². The number of hydrogen-bond donors (Lipinski definition) is 2. The van der Waals surface area contributed by atoms with E-state index in [4.69, 9.17) is 5.73 Å². The van der Waals surface area contributed by atoms with E-state index in [0.29, 0.717) is 12.5 Å². The van der Waals surface area contributed by atoms with Gasteiger partial charge in [-0.3, -0.25) is 0 Å². The Bertz CT molecular complexity index is 451. The second-order valence-corrected chi connectivity index (χ2v) is 5.43. The molecule has 0 atom stereocenters. The van der Waals surface area contributed by atoms with Crippen molar-refractivity contribution in [2.45, 2.75) is 19.0 Å². The number of anilines is 2. The maximum Gasteiger partial charge on any atom is 0.418 e. The van der Waals surface area contributed by atoms with Crippen molar-refractivity contribution in [2.24, 2.45) is 5.92 Å². The molecule has 1 aromatic rings. The van der Waals surface area contributed by atoms with Crippen LogP contribution < -0.4 is 11.1 Å². The van der Waals surface area contributed by atoms with Gasteiger partial charge in [-0.05, 0) is 57.1 Å². The van der Waals surface area contributed by atoms with Gasteiger partial charge in [0.1, 0.15) is 0 Å². The molecule has 0 aliphatic carbocycles. The molecule has 0 bridgehead atoms. The normalized spacial score (nSPS) is 18.2. The van der Waals surface area contributed by atoms with Crippen molar-refractivity contribution in [1.29, 1.82) is 0 Å². The highest BCUT2D eigenvalue weighted by molar-refractivity contribution is 5.59. The summed E-state index contributed by atoms with van der Waals surface area (Å²) in [7, 11) is 2.06. The average molecular weight is 287 g/mol. The van der Waals surface area contributed by atoms with Gasteiger partial charge >= 0.3 is 6.18 Å². The second-order valence-electron chi connectivity index (χ2n) is 5.43. The molecule has 1 saturated heterocycles. The fourth-order valence-electron chi connectivity index (χ4n) is 2.47. The van der Waals surface area contributed by atoms with Gasteiger partial charge in [0.15, 0.2) is 0 Å². The fraction of sp³-hybridized carbons (Fsp3) is 0.571. The summed E-state index contributed by atoms with van der Waals surface area (Å²) in [6.45, 7) is 2.57. The highest BCUT2D eigenvalue weighted by Gasteiger charge is 2.33. The molecule has 3 nitrogen and oxygen atoms in total. The minimum Gasteiger partial charge on any atom is -0.399 e. The Morgan fingerprint density at radius 3 is 2.55 bits per heavy atom. The topological polar surface area (TPSA) is 41.3 Å². The Balaban J connectivity index is 2.02. The Kier molecular flexibility index (Phi) is 4.42. The summed E-state index contributed by atoms with van der Waals surface area (Å²) in [4.78, 5) is 2.24. The maximum atomic E-state index is 12.9. The van der Waals surface area contributed by atoms with Crippen LogP contribution in [0, 0.1) is 5.92 Å². The smallest absolute Gasteiger partial charge is 0.399 e. The third kappa shape index (κ3) is 3.79. The lowest BCUT2D eigenvalue weighted by molar-refractivity contribution is -0.136. The zero-order valence-corrected chi connectivity index (χ0v) is 11.5. The molecule has 3 N–H and O–H groups in total. The van der Waals surface area contributed by atoms with E-state index in [2.05, 4.69) is 17.3 Å². The standard InChI is InChI=1S/C14H20F3N3/c1-20-6-4-10(5-7-20)9-19-13-3-2-11(18)8-12(13)14(15,16)17/h2-3,8,10,19H,4-7,9,18H2,1H3. The molecule has 0 saturated carbocycles. The quantitative estimate of drug-likeness (QED) is 0.840. The summed E-state index contributed by atoms with van der Waals surface area (Å²) < 4.78 is 38.8. The monoisotopic (exact) mass is 287 g/mol. The van der Waals surface area contributed by atoms with E-state index in [0.717, 1.165) is 32.0 Å². The van der Waals surface area contributed by atoms with E-state index in [9.17, 15) is 13.2 Å². The van der Waals surface area contributed by atoms with Gasteiger partial charge in [-0.15, -0.1) is 0 Å². The Morgan fingerprint density at radius 1 is 1.30 bits per heavy atom. The molecule has 0 amide bonds. The van der Waals surface area contributed by atoms with Gasteiger partial charge in [-0.1, -0.05) is 0 Å². The van der Waals surface area contributed by atoms with Gasteiger partial charge in [0.2, 0.25) is 0 Å². The number of rotatable bonds is 3. The number of benzene rings is 1. The van der Waals surface area contributed by atoms with Gasteiger partial charge in [-0.25, -0.2) is 0 Å². The zero-order chi connectivity index (χ0) is 14.8. The van der Waals surface area contributed by atoms with Gasteiger partial charge in [-0.2, -0.15) is 13.2 Å². The molecular weight excluding hydrogens is 267 g/mol. The molecule has 0 spiro atoms. The number of likely N-dealkylation sites (tertiary alicyclic amines) is 1. The van der Waals surface area contributed by atoms with Crippen LogP contribution in [0.5, 0.6) is 0 Å². The predicted octanol–water partition coefficient (Wildman–Crippen LogP) is 3.04. The van der Waals surface area contributed by atoms with Crippen LogP contribution in [0.25, 0.3) is 0 Å². The summed E-state index contributed by atoms with van der Waals surface area (Å²) >= 11 is 0. The summed E-state index contributed by atoms with van der Waals surface area (Å²) in [5.41, 5.74) is 5.00. The number of alkyl halides is 3. The lowest BCUT2D eigenvalue weighted by Crippen LogP contribution is -2.33. The number of nitrogen functional groups attached to an aromatic ring is 1. The molecule has 1 heterocycles. The molecule has 1 aromatic carbocycles. The molecule has 1 fully saturated rings. The molecular formula is C14H20F3N3. The molecule has 0 unspecified atom stereocenters. The first-order valence-electron chi connectivity index (χ1n) is 6.75. The second kappa shape index (κ2) is 5.91. The largest absolute Gasteiger partial charge is 0.418 e. The first-order chi connectivity index (χ1) is 9.36. The van der Waals surface area contributed by atoms with Crippen LogP contribution in [0.1, 0.15) is 18.4 Å². The summed E-state index contributed by atoms with van der Waals surface area (Å²) in [5.74, 6) is 0.421. The van der Waals surface area contributed by atoms with Crippen LogP contribution in [-0.2, 0) is 6.18 Å². The van der Waals surface area contributed by atoms with Crippen molar-refractivity contribution in [1.82, 2.24) is 4.90 Å². The van der Waals surface area contributed by atoms with Crippen molar-refractivity contribution in [3.8, 4) is 0 Å². The van der Waals surface area contributed by atoms with Gasteiger partial charge in [0, 0.05) is 17.9 Å². The average Bonchev–Trinajstić information content (AvgIpc) is 2.38. The van der Waals surface area contributed by atoms with Crippen molar-refractivity contribution >= 4 is 11.4 Å². The van der Waals surface area contributed by atoms with Gasteiger partial charge in [0.05, 0.1) is 5.56 Å². The lowest BCUT2D eigenvalue weighted by Gasteiger charge is -2.29. The highest BCUT2D eigenvalue weighted by atomic mass is 19.4. The number of nitrogens with zero attached hydrogens (tertiary/aromatic N) is 1. The minimum absolute atomic E-state index is 0.116. The number of nitrogens with one attached hydrogen (secondary N) is 1. The molecule has 112 valence electrons. The first-order valence-corrected chi connectivity index (χ1v) is 6.75. The van der Waals surface area contributed by atoms with E-state index < -0.39 is 11.7 Å². The molecule has 1 aliphatic heterocycles. The van der Waals surface area contributed by atoms with E-state index in [-0.39, 0.29) is 11.4 Å². The van der Waals surface area contributed by atoms with Crippen molar-refractivity contribution in [3.63, 3.8) is 0 Å². The maximum absolute atomic E-state index is 12.9. The highest BCUT2D eigenvalue weighted by Crippen LogP contribution is 2.36. The van der Waals surface area contributed by atoms with Crippen molar-refractivity contribution < 1.29 is 13.2 Å². The van der Waals surface area contributed by atoms with Crippen molar-refractivity contribution in [2.75, 3.05) is 37.7 Å². The Hall–Kier alpha value is -1.43. The van der Waals surface area contributed by atoms with Crippen LogP contribution >= 0.6 is 0 Å². The van der Waals surface area contributed by atoms with E-state index in [1.54, 1.807) is 0 Å². The number of piperidine rings is 1. The van der Waals surface area contributed by atoms with E-state index in [1.165, 1.54) is 12.1 Å². The SMILES string of the molecule is CN1CCC(CNc2ccc(N)cc2C(F)(F)F)CC1. The molecule has 0 aromatic heterocycles. The van der Waals surface area contributed by atoms with E-state index >= 15 is 0 Å². The fourth-order valence-corrected chi connectivity index (χ4v) is 2.47. The molecule has 6 heteroatoms. The Morgan fingerprint density at radius 2 is 1.95 bits per heavy atom. The minimum atomic E-state index is -4.38. The molecule has 2 rings (SSSR count). The third-order valence-corrected chi connectivity index (χ3v) is 3.77. The first kappa shape index (κ1) is 15.0. The van der Waals surface area contributed by atoms with Crippen LogP contribution in [0.4, 0.5) is 24.5 Å². The molecule has 0 radical (unpaired) electrons. The summed E-state index contributed by atoms with van der Waals surface area (Å²) in [6, 6.07) is 3.89. The lowest BCUT2D eigenvalue weighted by atomic mass is 9.97. The van der Waals surface area contributed by atoms with Gasteiger partial charge in [0.25, 0.3) is 0 Å². The number of hydrogen-bond acceptors (Lipinski definition) is 3. The van der Waals surface area contributed by atoms with E-state index in [1.807, 2.05) is 0 Å². The number of nitrogens with two attached hydrogens (primary N) is 1. The molecule has 1 aliphatic rings.